The van der Waals surface area contributed by atoms with E-state index < -0.39 is 0 Å². The lowest BCUT2D eigenvalue weighted by Gasteiger charge is -2.26. The summed E-state index contributed by atoms with van der Waals surface area (Å²) in [6.07, 6.45) is 0. The van der Waals surface area contributed by atoms with Crippen molar-refractivity contribution in [3.8, 4) is 50.2 Å². The zero-order chi connectivity index (χ0) is 37.3. The molecule has 0 atom stereocenters. The summed E-state index contributed by atoms with van der Waals surface area (Å²) in [5, 5.41) is 2.48. The molecule has 10 aromatic rings. The Labute approximate surface area is 327 Å². The standard InChI is InChI=1S/C54H38N2/c1-4-13-39(14-5-1)42-23-30-47(31-24-42)55(48-32-25-43(26-33-48)40-15-6-2-7-16-40)50-20-12-19-45(37-50)46-29-36-54-52(38-46)51-21-10-11-22-53(51)56(54)49-34-27-44(28-35-49)41-17-8-3-9-18-41/h1-38H. The van der Waals surface area contributed by atoms with E-state index in [-0.39, 0.29) is 0 Å². The largest absolute Gasteiger partial charge is 0.310 e. The fourth-order valence-corrected chi connectivity index (χ4v) is 8.00. The van der Waals surface area contributed by atoms with E-state index in [1.807, 2.05) is 0 Å². The molecule has 10 rings (SSSR count). The lowest BCUT2D eigenvalue weighted by atomic mass is 10.0. The predicted molar refractivity (Wildman–Crippen MR) is 237 cm³/mol. The molecule has 0 spiro atoms. The van der Waals surface area contributed by atoms with Crippen LogP contribution in [0.2, 0.25) is 0 Å². The molecule has 9 aromatic carbocycles. The highest BCUT2D eigenvalue weighted by Crippen LogP contribution is 2.40. The molecule has 0 aliphatic carbocycles. The molecule has 0 saturated carbocycles. The number of fused-ring (bicyclic) bond motifs is 3. The molecule has 0 unspecified atom stereocenters. The minimum atomic E-state index is 1.10. The number of para-hydroxylation sites is 1. The molecule has 0 saturated heterocycles. The lowest BCUT2D eigenvalue weighted by Crippen LogP contribution is -2.10. The van der Waals surface area contributed by atoms with Gasteiger partial charge in [0.1, 0.15) is 0 Å². The van der Waals surface area contributed by atoms with Crippen LogP contribution in [0.3, 0.4) is 0 Å². The van der Waals surface area contributed by atoms with Crippen LogP contribution in [0.15, 0.2) is 231 Å². The summed E-state index contributed by atoms with van der Waals surface area (Å²) < 4.78 is 2.39. The summed E-state index contributed by atoms with van der Waals surface area (Å²) in [5.74, 6) is 0. The molecule has 2 heteroatoms. The molecular formula is C54H38N2. The van der Waals surface area contributed by atoms with Crippen LogP contribution in [0.5, 0.6) is 0 Å². The number of nitrogens with zero attached hydrogens (tertiary/aromatic N) is 2. The number of rotatable bonds is 8. The van der Waals surface area contributed by atoms with Crippen LogP contribution in [0, 0.1) is 0 Å². The van der Waals surface area contributed by atoms with Gasteiger partial charge in [0.2, 0.25) is 0 Å². The molecule has 0 bridgehead atoms. The van der Waals surface area contributed by atoms with Crippen molar-refractivity contribution in [1.29, 1.82) is 0 Å². The molecule has 2 nitrogen and oxygen atoms in total. The van der Waals surface area contributed by atoms with E-state index in [1.165, 1.54) is 66.3 Å². The molecule has 264 valence electrons. The minimum absolute atomic E-state index is 1.10. The summed E-state index contributed by atoms with van der Waals surface area (Å²) in [7, 11) is 0. The van der Waals surface area contributed by atoms with E-state index in [9.17, 15) is 0 Å². The van der Waals surface area contributed by atoms with Crippen molar-refractivity contribution in [3.05, 3.63) is 231 Å². The second kappa shape index (κ2) is 14.4. The van der Waals surface area contributed by atoms with Gasteiger partial charge in [-0.1, -0.05) is 164 Å². The Morgan fingerprint density at radius 1 is 0.250 bits per heavy atom. The van der Waals surface area contributed by atoms with E-state index in [2.05, 4.69) is 240 Å². The van der Waals surface area contributed by atoms with Gasteiger partial charge in [-0.15, -0.1) is 0 Å². The van der Waals surface area contributed by atoms with Gasteiger partial charge in [0, 0.05) is 33.5 Å². The fourth-order valence-electron chi connectivity index (χ4n) is 8.00. The maximum absolute atomic E-state index is 2.39. The van der Waals surface area contributed by atoms with Crippen LogP contribution in [-0.2, 0) is 0 Å². The summed E-state index contributed by atoms with van der Waals surface area (Å²) in [4.78, 5) is 2.36. The average molecular weight is 715 g/mol. The van der Waals surface area contributed by atoms with Gasteiger partial charge in [0.15, 0.2) is 0 Å². The molecule has 1 heterocycles. The smallest absolute Gasteiger partial charge is 0.0541 e. The Morgan fingerprint density at radius 2 is 0.661 bits per heavy atom. The summed E-state index contributed by atoms with van der Waals surface area (Å²) in [5.41, 5.74) is 16.4. The highest BCUT2D eigenvalue weighted by Gasteiger charge is 2.17. The van der Waals surface area contributed by atoms with Crippen LogP contribution in [0.1, 0.15) is 0 Å². The van der Waals surface area contributed by atoms with Crippen LogP contribution in [0.25, 0.3) is 72.0 Å². The third-order valence-electron chi connectivity index (χ3n) is 10.8. The molecule has 1 aromatic heterocycles. The molecule has 0 N–H and O–H groups in total. The van der Waals surface area contributed by atoms with Crippen molar-refractivity contribution in [2.24, 2.45) is 0 Å². The quantitative estimate of drug-likeness (QED) is 0.152. The summed E-state index contributed by atoms with van der Waals surface area (Å²) in [6, 6.07) is 83.0. The van der Waals surface area contributed by atoms with E-state index in [0.717, 1.165) is 22.7 Å². The predicted octanol–water partition coefficient (Wildman–Crippen LogP) is 14.9. The molecule has 56 heavy (non-hydrogen) atoms. The van der Waals surface area contributed by atoms with Crippen molar-refractivity contribution in [1.82, 2.24) is 4.57 Å². The minimum Gasteiger partial charge on any atom is -0.310 e. The zero-order valence-corrected chi connectivity index (χ0v) is 30.8. The molecule has 0 aliphatic rings. The Hall–Kier alpha value is -7.42. The van der Waals surface area contributed by atoms with Crippen LogP contribution in [0.4, 0.5) is 17.1 Å². The van der Waals surface area contributed by atoms with Gasteiger partial charge in [-0.3, -0.25) is 0 Å². The SMILES string of the molecule is c1ccc(-c2ccc(N(c3ccc(-c4ccccc4)cc3)c3cccc(-c4ccc5c(c4)c4ccccc4n5-c4ccc(-c5ccccc5)cc4)c3)cc2)cc1. The van der Waals surface area contributed by atoms with Crippen molar-refractivity contribution < 1.29 is 0 Å². The first-order valence-electron chi connectivity index (χ1n) is 19.2. The number of aromatic nitrogens is 1. The van der Waals surface area contributed by atoms with E-state index >= 15 is 0 Å². The van der Waals surface area contributed by atoms with Crippen molar-refractivity contribution in [3.63, 3.8) is 0 Å². The first-order chi connectivity index (χ1) is 27.8. The van der Waals surface area contributed by atoms with Crippen molar-refractivity contribution >= 4 is 38.9 Å². The average Bonchev–Trinajstić information content (AvgIpc) is 3.62. The maximum atomic E-state index is 2.39. The summed E-state index contributed by atoms with van der Waals surface area (Å²) >= 11 is 0. The van der Waals surface area contributed by atoms with Gasteiger partial charge >= 0.3 is 0 Å². The molecular weight excluding hydrogens is 677 g/mol. The maximum Gasteiger partial charge on any atom is 0.0541 e. The third kappa shape index (κ3) is 6.24. The van der Waals surface area contributed by atoms with Crippen LogP contribution in [-0.4, -0.2) is 4.57 Å². The summed E-state index contributed by atoms with van der Waals surface area (Å²) in [6.45, 7) is 0. The van der Waals surface area contributed by atoms with Crippen LogP contribution < -0.4 is 4.90 Å². The molecule has 0 aliphatic heterocycles. The third-order valence-corrected chi connectivity index (χ3v) is 10.8. The fraction of sp³-hybridized carbons (Fsp3) is 0. The second-order valence-corrected chi connectivity index (χ2v) is 14.2. The Kier molecular flexibility index (Phi) is 8.55. The monoisotopic (exact) mass is 714 g/mol. The zero-order valence-electron chi connectivity index (χ0n) is 30.8. The molecule has 0 fully saturated rings. The second-order valence-electron chi connectivity index (χ2n) is 14.2. The van der Waals surface area contributed by atoms with Gasteiger partial charge in [-0.05, 0) is 111 Å². The topological polar surface area (TPSA) is 8.17 Å². The van der Waals surface area contributed by atoms with E-state index in [0.29, 0.717) is 0 Å². The van der Waals surface area contributed by atoms with Crippen molar-refractivity contribution in [2.45, 2.75) is 0 Å². The Balaban J connectivity index is 1.05. The lowest BCUT2D eigenvalue weighted by molar-refractivity contribution is 1.18. The first-order valence-corrected chi connectivity index (χ1v) is 19.2. The Morgan fingerprint density at radius 3 is 1.21 bits per heavy atom. The Bertz CT molecular complexity index is 2830. The number of hydrogen-bond donors (Lipinski definition) is 0. The van der Waals surface area contributed by atoms with Gasteiger partial charge < -0.3 is 9.47 Å². The van der Waals surface area contributed by atoms with Gasteiger partial charge in [0.25, 0.3) is 0 Å². The normalized spacial score (nSPS) is 11.2. The number of hydrogen-bond acceptors (Lipinski definition) is 1. The molecule has 0 amide bonds. The van der Waals surface area contributed by atoms with Gasteiger partial charge in [0.05, 0.1) is 11.0 Å². The van der Waals surface area contributed by atoms with Gasteiger partial charge in [-0.2, -0.15) is 0 Å². The number of anilines is 3. The molecule has 0 radical (unpaired) electrons. The first kappa shape index (κ1) is 33.2. The van der Waals surface area contributed by atoms with Crippen LogP contribution >= 0.6 is 0 Å². The highest BCUT2D eigenvalue weighted by molar-refractivity contribution is 6.10. The van der Waals surface area contributed by atoms with Gasteiger partial charge in [-0.25, -0.2) is 0 Å². The highest BCUT2D eigenvalue weighted by atomic mass is 15.1. The van der Waals surface area contributed by atoms with E-state index in [1.54, 1.807) is 0 Å². The van der Waals surface area contributed by atoms with Crippen molar-refractivity contribution in [2.75, 3.05) is 4.90 Å². The number of benzene rings is 9. The van der Waals surface area contributed by atoms with E-state index in [4.69, 9.17) is 0 Å².